The van der Waals surface area contributed by atoms with E-state index in [1.54, 1.807) is 26.7 Å². The van der Waals surface area contributed by atoms with E-state index in [1.807, 2.05) is 22.6 Å². The molecule has 0 aliphatic carbocycles. The number of rotatable bonds is 3. The van der Waals surface area contributed by atoms with E-state index >= 15 is 0 Å². The molecule has 0 unspecified atom stereocenters. The van der Waals surface area contributed by atoms with Crippen LogP contribution in [0.4, 0.5) is 0 Å². The third-order valence-corrected chi connectivity index (χ3v) is 4.82. The Kier molecular flexibility index (Phi) is 35.1. The molecule has 2 radical (unpaired) electrons. The summed E-state index contributed by atoms with van der Waals surface area (Å²) in [6.07, 6.45) is 4.11. The molecule has 20 heavy (non-hydrogen) atoms. The monoisotopic (exact) mass is 626 g/mol. The molecule has 0 spiro atoms. The first kappa shape index (κ1) is 37.7. The molecule has 0 rings (SSSR count). The zero-order valence-electron chi connectivity index (χ0n) is 11.4. The Balaban J connectivity index is -0.0000000547. The van der Waals surface area contributed by atoms with Gasteiger partial charge in [0, 0.05) is 43.3 Å². The molecular formula is C8H18I2N2O4S2V2-2. The van der Waals surface area contributed by atoms with Crippen LogP contribution in [-0.4, -0.2) is 33.1 Å². The molecule has 0 aliphatic rings. The zero-order chi connectivity index (χ0) is 13.4. The van der Waals surface area contributed by atoms with E-state index in [1.165, 1.54) is 10.3 Å². The van der Waals surface area contributed by atoms with Crippen molar-refractivity contribution in [3.05, 3.63) is 35.4 Å². The van der Waals surface area contributed by atoms with E-state index in [0.29, 0.717) is 3.71 Å². The van der Waals surface area contributed by atoms with Gasteiger partial charge in [-0.15, -0.1) is 0 Å². The van der Waals surface area contributed by atoms with Gasteiger partial charge in [0.05, 0.1) is 12.5 Å². The maximum Gasteiger partial charge on any atom is 0.244 e. The average molecular weight is 626 g/mol. The summed E-state index contributed by atoms with van der Waals surface area (Å²) in [5.41, 5.74) is 4.84. The minimum atomic E-state index is -3.73. The fourth-order valence-electron chi connectivity index (χ4n) is 0.513. The zero-order valence-corrected chi connectivity index (χ0v) is 20.2. The van der Waals surface area contributed by atoms with E-state index in [2.05, 4.69) is 0 Å². The number of halogens is 2. The van der Waals surface area contributed by atoms with Crippen LogP contribution in [0.25, 0.3) is 0 Å². The molecule has 12 heteroatoms. The second-order valence-corrected chi connectivity index (χ2v) is 7.73. The van der Waals surface area contributed by atoms with Gasteiger partial charge in [0.15, 0.2) is 0 Å². The van der Waals surface area contributed by atoms with Crippen LogP contribution in [0.5, 0.6) is 0 Å². The van der Waals surface area contributed by atoms with Gasteiger partial charge in [0.1, 0.15) is 0 Å². The molecule has 0 aromatic heterocycles. The first-order valence-electron chi connectivity index (χ1n) is 3.54. The van der Waals surface area contributed by atoms with Crippen LogP contribution in [0.15, 0.2) is 20.6 Å². The maximum atomic E-state index is 10.9. The molecule has 2 N–H and O–H groups in total. The van der Waals surface area contributed by atoms with E-state index in [9.17, 15) is 16.8 Å². The van der Waals surface area contributed by atoms with Crippen molar-refractivity contribution in [2.24, 2.45) is 5.73 Å². The van der Waals surface area contributed by atoms with Crippen LogP contribution in [0, 0.1) is 14.9 Å². The second kappa shape index (κ2) is 18.7. The molecule has 0 fully saturated rings. The van der Waals surface area contributed by atoms with Gasteiger partial charge in [-0.05, 0) is 14.4 Å². The molecule has 6 nitrogen and oxygen atoms in total. The second-order valence-electron chi connectivity index (χ2n) is 2.34. The van der Waals surface area contributed by atoms with E-state index in [4.69, 9.17) is 5.73 Å². The van der Waals surface area contributed by atoms with Gasteiger partial charge in [-0.3, -0.25) is 0 Å². The predicted octanol–water partition coefficient (Wildman–Crippen LogP) is 1.86. The number of nitrogens with zero attached hydrogens (tertiary/aromatic N) is 1. The minimum Gasteiger partial charge on any atom is -0.404 e. The van der Waals surface area contributed by atoms with Crippen molar-refractivity contribution in [2.75, 3.05) is 12.5 Å². The van der Waals surface area contributed by atoms with Crippen molar-refractivity contribution in [3.63, 3.8) is 0 Å². The van der Waals surface area contributed by atoms with E-state index in [-0.39, 0.29) is 52.0 Å². The molecular weight excluding hydrogens is 608 g/mol. The van der Waals surface area contributed by atoms with Gasteiger partial charge >= 0.3 is 0 Å². The van der Waals surface area contributed by atoms with Crippen LogP contribution < -0.4 is 5.73 Å². The molecule has 0 saturated heterocycles. The first-order valence-corrected chi connectivity index (χ1v) is 9.73. The first-order chi connectivity index (χ1) is 7.11. The maximum absolute atomic E-state index is 10.9. The molecule has 0 aliphatic heterocycles. The number of nitrogens with two attached hydrogens (primary N) is 1. The Morgan fingerprint density at radius 3 is 1.20 bits per heavy atom. The Morgan fingerprint density at radius 2 is 1.15 bits per heavy atom. The Morgan fingerprint density at radius 1 is 0.900 bits per heavy atom. The van der Waals surface area contributed by atoms with Gasteiger partial charge in [-0.25, -0.2) is 16.8 Å². The summed E-state index contributed by atoms with van der Waals surface area (Å²) in [5.74, 6) is 0. The number of hydrogen-bond acceptors (Lipinski definition) is 5. The van der Waals surface area contributed by atoms with Crippen LogP contribution in [0.2, 0.25) is 0 Å². The summed E-state index contributed by atoms with van der Waals surface area (Å²) >= 11 is 3.78. The Bertz CT molecular complexity index is 417. The molecule has 0 atom stereocenters. The molecule has 0 aromatic rings. The summed E-state index contributed by atoms with van der Waals surface area (Å²) in [6.45, 7) is 0. The fourth-order valence-corrected chi connectivity index (χ4v) is 3.80. The molecule has 0 aromatic carbocycles. The molecule has 122 valence electrons. The summed E-state index contributed by atoms with van der Waals surface area (Å²) in [7, 11) is -7.46. The fraction of sp³-hybridized carbons (Fsp3) is 0.250. The van der Waals surface area contributed by atoms with Gasteiger partial charge in [0.2, 0.25) is 20.0 Å². The van der Waals surface area contributed by atoms with E-state index in [0.717, 1.165) is 18.7 Å². The predicted molar refractivity (Wildman–Crippen MR) is 94.9 cm³/mol. The van der Waals surface area contributed by atoms with Crippen LogP contribution >= 0.6 is 45.2 Å². The van der Waals surface area contributed by atoms with Crippen molar-refractivity contribution in [2.45, 2.75) is 0 Å². The molecule has 0 amide bonds. The summed E-state index contributed by atoms with van der Waals surface area (Å²) < 4.78 is 46.8. The van der Waals surface area contributed by atoms with Gasteiger partial charge in [-0.1, -0.05) is 45.2 Å². The Hall–Kier alpha value is 1.61. The smallest absolute Gasteiger partial charge is 0.244 e. The topological polar surface area (TPSA) is 97.5 Å². The number of hydrogen-bond donors (Lipinski definition) is 1. The van der Waals surface area contributed by atoms with Crippen LogP contribution in [-0.2, 0) is 57.2 Å². The van der Waals surface area contributed by atoms with Crippen molar-refractivity contribution in [3.8, 4) is 0 Å². The summed E-state index contributed by atoms with van der Waals surface area (Å²) in [6, 6.07) is 0. The van der Waals surface area contributed by atoms with Gasteiger partial charge in [0.25, 0.3) is 0 Å². The van der Waals surface area contributed by atoms with E-state index < -0.39 is 20.0 Å². The van der Waals surface area contributed by atoms with Crippen molar-refractivity contribution >= 4 is 65.2 Å². The van der Waals surface area contributed by atoms with Crippen LogP contribution in [0.3, 0.4) is 0 Å². The quantitative estimate of drug-likeness (QED) is 0.382. The third-order valence-electron chi connectivity index (χ3n) is 0.905. The van der Waals surface area contributed by atoms with Crippen molar-refractivity contribution in [1.29, 1.82) is 0 Å². The molecule has 0 saturated carbocycles. The van der Waals surface area contributed by atoms with Crippen molar-refractivity contribution in [1.82, 2.24) is 3.71 Å². The van der Waals surface area contributed by atoms with Gasteiger partial charge < -0.3 is 20.6 Å². The SMILES string of the molecule is CS(=O)(=O)N(C=CI)S(C)(=O)=O.NC=CI.[CH3-].[CH3-].[V].[V]. The largest absolute Gasteiger partial charge is 0.404 e. The third kappa shape index (κ3) is 21.9. The van der Waals surface area contributed by atoms with Gasteiger partial charge in [-0.2, -0.15) is 3.71 Å². The molecule has 0 heterocycles. The molecule has 0 bridgehead atoms. The summed E-state index contributed by atoms with van der Waals surface area (Å²) in [5, 5.41) is 0. The summed E-state index contributed by atoms with van der Waals surface area (Å²) in [4.78, 5) is 0. The van der Waals surface area contributed by atoms with Crippen LogP contribution in [0.1, 0.15) is 0 Å². The average Bonchev–Trinajstić information content (AvgIpc) is 2.11. The Labute approximate surface area is 174 Å². The standard InChI is InChI=1S/C4H8INO4S2.C2H4IN.2CH3.2V/c1-11(7,8)6(4-3-5)12(2,9)10;3-1-2-4;;;;/h3-4H,1-2H3;1-2H,4H2;2*1H3;;/q;;2*-1;;. The number of sulfonamides is 2. The normalized spacial score (nSPS) is 10.0. The minimum absolute atomic E-state index is 0. The van der Waals surface area contributed by atoms with Crippen molar-refractivity contribution < 1.29 is 53.9 Å².